The highest BCUT2D eigenvalue weighted by atomic mass is 16.2. The van der Waals surface area contributed by atoms with Crippen LogP contribution in [0.25, 0.3) is 10.9 Å². The zero-order chi connectivity index (χ0) is 19.8. The maximum atomic E-state index is 12.7. The predicted octanol–water partition coefficient (Wildman–Crippen LogP) is 3.80. The minimum absolute atomic E-state index is 0.0548. The number of carbonyl (C=O) groups is 1. The highest BCUT2D eigenvalue weighted by molar-refractivity contribution is 5.89. The van der Waals surface area contributed by atoms with Crippen LogP contribution in [0.5, 0.6) is 0 Å². The SMILES string of the molecule is C=CCN1CC(NC(=O)N(CC)CC)C[C@@H]2c3cccc4[nH]c(C)c(c34)C[C@H]21. The van der Waals surface area contributed by atoms with E-state index in [-0.39, 0.29) is 12.1 Å². The van der Waals surface area contributed by atoms with Crippen molar-refractivity contribution in [3.05, 3.63) is 47.7 Å². The van der Waals surface area contributed by atoms with Gasteiger partial charge in [-0.05, 0) is 50.8 Å². The van der Waals surface area contributed by atoms with Gasteiger partial charge in [-0.15, -0.1) is 6.58 Å². The van der Waals surface area contributed by atoms with Crippen LogP contribution in [0.2, 0.25) is 0 Å². The zero-order valence-corrected chi connectivity index (χ0v) is 17.3. The fourth-order valence-corrected chi connectivity index (χ4v) is 5.32. The molecule has 1 aliphatic carbocycles. The largest absolute Gasteiger partial charge is 0.358 e. The Kier molecular flexibility index (Phi) is 5.19. The van der Waals surface area contributed by atoms with E-state index >= 15 is 0 Å². The topological polar surface area (TPSA) is 51.4 Å². The number of aromatic nitrogens is 1. The van der Waals surface area contributed by atoms with Crippen LogP contribution in [-0.4, -0.2) is 59.1 Å². The average molecular weight is 381 g/mol. The van der Waals surface area contributed by atoms with Gasteiger partial charge in [-0.2, -0.15) is 0 Å². The summed E-state index contributed by atoms with van der Waals surface area (Å²) in [6.45, 7) is 13.4. The number of fused-ring (bicyclic) bond motifs is 2. The molecule has 1 aliphatic heterocycles. The van der Waals surface area contributed by atoms with Gasteiger partial charge in [0.15, 0.2) is 0 Å². The number of likely N-dealkylation sites (tertiary alicyclic amines) is 1. The Morgan fingerprint density at radius 3 is 2.89 bits per heavy atom. The molecule has 2 heterocycles. The van der Waals surface area contributed by atoms with Crippen LogP contribution in [0.1, 0.15) is 43.0 Å². The van der Waals surface area contributed by atoms with Gasteiger partial charge in [0.1, 0.15) is 0 Å². The number of urea groups is 1. The first-order valence-electron chi connectivity index (χ1n) is 10.6. The third-order valence-corrected chi connectivity index (χ3v) is 6.65. The van der Waals surface area contributed by atoms with E-state index in [1.165, 1.54) is 27.7 Å². The number of nitrogens with one attached hydrogen (secondary N) is 2. The first kappa shape index (κ1) is 19.1. The molecule has 5 heteroatoms. The number of hydrogen-bond donors (Lipinski definition) is 2. The molecule has 0 saturated carbocycles. The molecule has 1 saturated heterocycles. The average Bonchev–Trinajstić information content (AvgIpc) is 3.00. The summed E-state index contributed by atoms with van der Waals surface area (Å²) >= 11 is 0. The minimum atomic E-state index is 0.0548. The zero-order valence-electron chi connectivity index (χ0n) is 17.3. The second kappa shape index (κ2) is 7.63. The molecule has 2 amide bonds. The minimum Gasteiger partial charge on any atom is -0.358 e. The Morgan fingerprint density at radius 1 is 1.39 bits per heavy atom. The van der Waals surface area contributed by atoms with E-state index in [4.69, 9.17) is 0 Å². The van der Waals surface area contributed by atoms with Crippen molar-refractivity contribution in [3.63, 3.8) is 0 Å². The smallest absolute Gasteiger partial charge is 0.317 e. The number of benzene rings is 1. The molecule has 28 heavy (non-hydrogen) atoms. The third-order valence-electron chi connectivity index (χ3n) is 6.65. The van der Waals surface area contributed by atoms with Gasteiger partial charge in [-0.25, -0.2) is 4.79 Å². The second-order valence-corrected chi connectivity index (χ2v) is 8.17. The summed E-state index contributed by atoms with van der Waals surface area (Å²) in [6, 6.07) is 7.31. The van der Waals surface area contributed by atoms with Crippen molar-refractivity contribution >= 4 is 16.9 Å². The van der Waals surface area contributed by atoms with Gasteiger partial charge in [0.2, 0.25) is 0 Å². The summed E-state index contributed by atoms with van der Waals surface area (Å²) in [5.41, 5.74) is 5.43. The number of piperidine rings is 1. The number of nitrogens with zero attached hydrogens (tertiary/aromatic N) is 2. The van der Waals surface area contributed by atoms with Crippen molar-refractivity contribution in [1.82, 2.24) is 20.1 Å². The number of hydrogen-bond acceptors (Lipinski definition) is 2. The number of carbonyl (C=O) groups excluding carboxylic acids is 1. The Labute approximate surface area is 167 Å². The molecule has 1 aromatic carbocycles. The van der Waals surface area contributed by atoms with Crippen molar-refractivity contribution in [1.29, 1.82) is 0 Å². The Balaban J connectivity index is 1.67. The van der Waals surface area contributed by atoms with Crippen LogP contribution in [0, 0.1) is 6.92 Å². The third kappa shape index (κ3) is 3.12. The van der Waals surface area contributed by atoms with Crippen molar-refractivity contribution in [2.75, 3.05) is 26.2 Å². The summed E-state index contributed by atoms with van der Waals surface area (Å²) in [4.78, 5) is 20.6. The molecule has 2 aliphatic rings. The lowest BCUT2D eigenvalue weighted by Gasteiger charge is -2.47. The molecule has 0 bridgehead atoms. The van der Waals surface area contributed by atoms with Gasteiger partial charge in [0.25, 0.3) is 0 Å². The maximum Gasteiger partial charge on any atom is 0.317 e. The molecule has 1 unspecified atom stereocenters. The van der Waals surface area contributed by atoms with E-state index in [9.17, 15) is 4.79 Å². The van der Waals surface area contributed by atoms with Crippen molar-refractivity contribution in [2.45, 2.75) is 51.6 Å². The number of aromatic amines is 1. The van der Waals surface area contributed by atoms with Gasteiger partial charge in [0.05, 0.1) is 0 Å². The first-order valence-corrected chi connectivity index (χ1v) is 10.6. The van der Waals surface area contributed by atoms with Crippen LogP contribution < -0.4 is 5.32 Å². The molecule has 2 N–H and O–H groups in total. The lowest BCUT2D eigenvalue weighted by Crippen LogP contribution is -2.57. The van der Waals surface area contributed by atoms with Gasteiger partial charge in [0, 0.05) is 60.8 Å². The predicted molar refractivity (Wildman–Crippen MR) is 115 cm³/mol. The molecule has 4 rings (SSSR count). The highest BCUT2D eigenvalue weighted by Crippen LogP contribution is 2.44. The highest BCUT2D eigenvalue weighted by Gasteiger charge is 2.41. The Morgan fingerprint density at radius 2 is 2.18 bits per heavy atom. The fraction of sp³-hybridized carbons (Fsp3) is 0.522. The van der Waals surface area contributed by atoms with Gasteiger partial charge >= 0.3 is 6.03 Å². The second-order valence-electron chi connectivity index (χ2n) is 8.17. The monoisotopic (exact) mass is 380 g/mol. The van der Waals surface area contributed by atoms with E-state index in [2.05, 4.69) is 46.9 Å². The molecule has 0 spiro atoms. The quantitative estimate of drug-likeness (QED) is 0.776. The van der Waals surface area contributed by atoms with Crippen LogP contribution in [0.15, 0.2) is 30.9 Å². The normalized spacial score (nSPS) is 24.0. The molecular weight excluding hydrogens is 348 g/mol. The van der Waals surface area contributed by atoms with Crippen LogP contribution in [-0.2, 0) is 6.42 Å². The fourth-order valence-electron chi connectivity index (χ4n) is 5.32. The molecule has 0 radical (unpaired) electrons. The first-order chi connectivity index (χ1) is 13.6. The molecule has 3 atom stereocenters. The summed E-state index contributed by atoms with van der Waals surface area (Å²) in [5, 5.41) is 4.72. The van der Waals surface area contributed by atoms with Crippen LogP contribution in [0.3, 0.4) is 0 Å². The van der Waals surface area contributed by atoms with E-state index in [0.29, 0.717) is 12.0 Å². The number of rotatable bonds is 5. The molecule has 5 nitrogen and oxygen atoms in total. The van der Waals surface area contributed by atoms with Crippen molar-refractivity contribution < 1.29 is 4.79 Å². The van der Waals surface area contributed by atoms with E-state index in [1.54, 1.807) is 0 Å². The van der Waals surface area contributed by atoms with Gasteiger partial charge in [-0.3, -0.25) is 4.90 Å². The number of amides is 2. The van der Waals surface area contributed by atoms with E-state index in [1.807, 2.05) is 24.8 Å². The maximum absolute atomic E-state index is 12.7. The summed E-state index contributed by atoms with van der Waals surface area (Å²) in [7, 11) is 0. The summed E-state index contributed by atoms with van der Waals surface area (Å²) in [5.74, 6) is 0.433. The van der Waals surface area contributed by atoms with Crippen molar-refractivity contribution in [3.8, 4) is 0 Å². The van der Waals surface area contributed by atoms with E-state index < -0.39 is 0 Å². The van der Waals surface area contributed by atoms with E-state index in [0.717, 1.165) is 39.0 Å². The molecule has 2 aromatic rings. The lowest BCUT2D eigenvalue weighted by atomic mass is 9.73. The van der Waals surface area contributed by atoms with Crippen molar-refractivity contribution in [2.24, 2.45) is 0 Å². The van der Waals surface area contributed by atoms with Gasteiger partial charge in [-0.1, -0.05) is 18.2 Å². The van der Waals surface area contributed by atoms with Crippen LogP contribution >= 0.6 is 0 Å². The Hall–Kier alpha value is -2.27. The molecule has 150 valence electrons. The summed E-state index contributed by atoms with van der Waals surface area (Å²) < 4.78 is 0. The number of H-pyrrole nitrogens is 1. The molecule has 1 aromatic heterocycles. The molecule has 1 fully saturated rings. The standard InChI is InChI=1S/C23H32N4O/c1-5-11-27-14-16(25-23(28)26(6-2)7-3)12-19-17-9-8-10-20-22(17)18(13-21(19)27)15(4)24-20/h5,8-10,16,19,21,24H,1,6-7,11-14H2,2-4H3,(H,25,28)/t16?,19-,21-/m1/s1. The summed E-state index contributed by atoms with van der Waals surface area (Å²) in [6.07, 6.45) is 4.05. The van der Waals surface area contributed by atoms with Crippen LogP contribution in [0.4, 0.5) is 4.79 Å². The molecular formula is C23H32N4O. The Bertz CT molecular complexity index is 882. The lowest BCUT2D eigenvalue weighted by molar-refractivity contribution is 0.110. The number of aryl methyl sites for hydroxylation is 1. The van der Waals surface area contributed by atoms with Gasteiger partial charge < -0.3 is 15.2 Å².